The molecule has 4 nitrogen and oxygen atoms in total. The number of nitrogens with two attached hydrogens (primary N) is 1. The van der Waals surface area contributed by atoms with E-state index in [2.05, 4.69) is 22.1 Å². The standard InChI is InChI=1S/C9H11N3O/c1-11-4-2-3-7-5-8(13)9(10)12-6-7/h5-6,11,13H,4H2,1H3,(H2,10,12). The van der Waals surface area contributed by atoms with Gasteiger partial charge < -0.3 is 16.2 Å². The highest BCUT2D eigenvalue weighted by Crippen LogP contribution is 2.16. The zero-order chi connectivity index (χ0) is 9.68. The second-order valence-electron chi connectivity index (χ2n) is 2.46. The third-order valence-electron chi connectivity index (χ3n) is 1.40. The van der Waals surface area contributed by atoms with Crippen LogP contribution in [0.25, 0.3) is 0 Å². The van der Waals surface area contributed by atoms with E-state index in [1.54, 1.807) is 0 Å². The molecule has 0 radical (unpaired) electrons. The van der Waals surface area contributed by atoms with Gasteiger partial charge in [0.15, 0.2) is 11.6 Å². The van der Waals surface area contributed by atoms with Crippen LogP contribution in [0.3, 0.4) is 0 Å². The lowest BCUT2D eigenvalue weighted by Crippen LogP contribution is -2.04. The van der Waals surface area contributed by atoms with Crippen LogP contribution in [0.5, 0.6) is 5.75 Å². The van der Waals surface area contributed by atoms with E-state index >= 15 is 0 Å². The number of anilines is 1. The molecule has 0 amide bonds. The molecule has 1 aromatic rings. The largest absolute Gasteiger partial charge is 0.504 e. The van der Waals surface area contributed by atoms with E-state index in [9.17, 15) is 5.11 Å². The van der Waals surface area contributed by atoms with Gasteiger partial charge in [-0.15, -0.1) is 0 Å². The van der Waals surface area contributed by atoms with E-state index in [1.165, 1.54) is 12.3 Å². The third-order valence-corrected chi connectivity index (χ3v) is 1.40. The summed E-state index contributed by atoms with van der Waals surface area (Å²) in [5, 5.41) is 12.1. The average Bonchev–Trinajstić information content (AvgIpc) is 2.12. The maximum absolute atomic E-state index is 9.19. The Hall–Kier alpha value is -1.73. The van der Waals surface area contributed by atoms with Crippen LogP contribution in [0.15, 0.2) is 12.3 Å². The zero-order valence-electron chi connectivity index (χ0n) is 7.33. The lowest BCUT2D eigenvalue weighted by molar-refractivity contribution is 0.475. The molecule has 1 aromatic heterocycles. The first kappa shape index (κ1) is 9.36. The summed E-state index contributed by atoms with van der Waals surface area (Å²) in [6.45, 7) is 0.602. The molecule has 0 fully saturated rings. The van der Waals surface area contributed by atoms with E-state index in [-0.39, 0.29) is 11.6 Å². The molecule has 0 aliphatic heterocycles. The van der Waals surface area contributed by atoms with E-state index in [4.69, 9.17) is 5.73 Å². The smallest absolute Gasteiger partial charge is 0.165 e. The summed E-state index contributed by atoms with van der Waals surface area (Å²) >= 11 is 0. The van der Waals surface area contributed by atoms with Crippen LogP contribution in [0.2, 0.25) is 0 Å². The average molecular weight is 177 g/mol. The Balaban J connectivity index is 2.81. The second-order valence-corrected chi connectivity index (χ2v) is 2.46. The molecule has 0 atom stereocenters. The maximum atomic E-state index is 9.19. The first-order valence-corrected chi connectivity index (χ1v) is 3.82. The van der Waals surface area contributed by atoms with Crippen molar-refractivity contribution in [3.8, 4) is 17.6 Å². The number of hydrogen-bond acceptors (Lipinski definition) is 4. The number of pyridine rings is 1. The molecule has 0 aliphatic rings. The van der Waals surface area contributed by atoms with Gasteiger partial charge in [0.05, 0.1) is 6.54 Å². The number of nitrogen functional groups attached to an aromatic ring is 1. The van der Waals surface area contributed by atoms with Gasteiger partial charge in [-0.25, -0.2) is 4.98 Å². The molecule has 0 aromatic carbocycles. The van der Waals surface area contributed by atoms with Crippen molar-refractivity contribution in [3.63, 3.8) is 0 Å². The first-order valence-electron chi connectivity index (χ1n) is 3.82. The number of aromatic hydroxyl groups is 1. The molecular formula is C9H11N3O. The van der Waals surface area contributed by atoms with Crippen molar-refractivity contribution < 1.29 is 5.11 Å². The van der Waals surface area contributed by atoms with Crippen LogP contribution in [0.4, 0.5) is 5.82 Å². The number of nitrogens with one attached hydrogen (secondary N) is 1. The summed E-state index contributed by atoms with van der Waals surface area (Å²) in [6.07, 6.45) is 1.53. The van der Waals surface area contributed by atoms with Crippen molar-refractivity contribution >= 4 is 5.82 Å². The van der Waals surface area contributed by atoms with Gasteiger partial charge in [-0.2, -0.15) is 0 Å². The number of aromatic nitrogens is 1. The Bertz CT molecular complexity index is 352. The van der Waals surface area contributed by atoms with Crippen LogP contribution >= 0.6 is 0 Å². The van der Waals surface area contributed by atoms with Crippen molar-refractivity contribution in [3.05, 3.63) is 17.8 Å². The fourth-order valence-corrected chi connectivity index (χ4v) is 0.767. The van der Waals surface area contributed by atoms with Gasteiger partial charge in [0.1, 0.15) is 0 Å². The van der Waals surface area contributed by atoms with Crippen LogP contribution < -0.4 is 11.1 Å². The predicted molar refractivity (Wildman–Crippen MR) is 51.1 cm³/mol. The summed E-state index contributed by atoms with van der Waals surface area (Å²) < 4.78 is 0. The Kier molecular flexibility index (Phi) is 3.12. The Morgan fingerprint density at radius 1 is 1.69 bits per heavy atom. The van der Waals surface area contributed by atoms with Gasteiger partial charge in [0.25, 0.3) is 0 Å². The second kappa shape index (κ2) is 4.33. The van der Waals surface area contributed by atoms with Crippen LogP contribution in [-0.4, -0.2) is 23.7 Å². The number of hydrogen-bond donors (Lipinski definition) is 3. The van der Waals surface area contributed by atoms with Crippen molar-refractivity contribution in [1.29, 1.82) is 0 Å². The molecule has 68 valence electrons. The van der Waals surface area contributed by atoms with E-state index in [1.807, 2.05) is 7.05 Å². The molecule has 1 heterocycles. The molecule has 13 heavy (non-hydrogen) atoms. The molecule has 0 bridgehead atoms. The normalized spacial score (nSPS) is 9.00. The van der Waals surface area contributed by atoms with Gasteiger partial charge in [-0.3, -0.25) is 0 Å². The Labute approximate surface area is 76.8 Å². The monoisotopic (exact) mass is 177 g/mol. The summed E-state index contributed by atoms with van der Waals surface area (Å²) in [4.78, 5) is 3.76. The Morgan fingerprint density at radius 2 is 2.46 bits per heavy atom. The van der Waals surface area contributed by atoms with Gasteiger partial charge in [0.2, 0.25) is 0 Å². The molecule has 0 saturated carbocycles. The zero-order valence-corrected chi connectivity index (χ0v) is 7.33. The van der Waals surface area contributed by atoms with Crippen LogP contribution in [0, 0.1) is 11.8 Å². The quantitative estimate of drug-likeness (QED) is 0.525. The molecule has 4 N–H and O–H groups in total. The third kappa shape index (κ3) is 2.65. The van der Waals surface area contributed by atoms with Gasteiger partial charge in [0, 0.05) is 17.8 Å². The van der Waals surface area contributed by atoms with E-state index < -0.39 is 0 Å². The van der Waals surface area contributed by atoms with Crippen molar-refractivity contribution in [2.75, 3.05) is 19.3 Å². The fraction of sp³-hybridized carbons (Fsp3) is 0.222. The van der Waals surface area contributed by atoms with Crippen molar-refractivity contribution in [1.82, 2.24) is 10.3 Å². The highest BCUT2D eigenvalue weighted by molar-refractivity contribution is 5.49. The van der Waals surface area contributed by atoms with Crippen molar-refractivity contribution in [2.45, 2.75) is 0 Å². The Morgan fingerprint density at radius 3 is 3.08 bits per heavy atom. The van der Waals surface area contributed by atoms with Crippen molar-refractivity contribution in [2.24, 2.45) is 0 Å². The molecular weight excluding hydrogens is 166 g/mol. The lowest BCUT2D eigenvalue weighted by atomic mass is 10.2. The summed E-state index contributed by atoms with van der Waals surface area (Å²) in [7, 11) is 1.81. The topological polar surface area (TPSA) is 71.2 Å². The first-order chi connectivity index (χ1) is 6.24. The highest BCUT2D eigenvalue weighted by Gasteiger charge is 1.96. The summed E-state index contributed by atoms with van der Waals surface area (Å²) in [5.41, 5.74) is 5.98. The number of nitrogens with zero attached hydrogens (tertiary/aromatic N) is 1. The molecule has 4 heteroatoms. The maximum Gasteiger partial charge on any atom is 0.165 e. The summed E-state index contributed by atoms with van der Waals surface area (Å²) in [6, 6.07) is 1.49. The fourth-order valence-electron chi connectivity index (χ4n) is 0.767. The molecule has 0 saturated heterocycles. The molecule has 0 unspecified atom stereocenters. The molecule has 0 aliphatic carbocycles. The molecule has 0 spiro atoms. The minimum absolute atomic E-state index is 0.0312. The SMILES string of the molecule is CNCC#Cc1cnc(N)c(O)c1. The van der Waals surface area contributed by atoms with Gasteiger partial charge >= 0.3 is 0 Å². The van der Waals surface area contributed by atoms with E-state index in [0.717, 1.165) is 0 Å². The minimum Gasteiger partial charge on any atom is -0.504 e. The lowest BCUT2D eigenvalue weighted by Gasteiger charge is -1.96. The van der Waals surface area contributed by atoms with Crippen LogP contribution in [0.1, 0.15) is 5.56 Å². The predicted octanol–water partition coefficient (Wildman–Crippen LogP) is -0.0597. The van der Waals surface area contributed by atoms with Gasteiger partial charge in [-0.1, -0.05) is 11.8 Å². The summed E-state index contributed by atoms with van der Waals surface area (Å²) in [5.74, 6) is 5.76. The van der Waals surface area contributed by atoms with E-state index in [0.29, 0.717) is 12.1 Å². The highest BCUT2D eigenvalue weighted by atomic mass is 16.3. The molecule has 1 rings (SSSR count). The van der Waals surface area contributed by atoms with Crippen LogP contribution in [-0.2, 0) is 0 Å². The minimum atomic E-state index is -0.0312. The number of rotatable bonds is 1. The van der Waals surface area contributed by atoms with Gasteiger partial charge in [-0.05, 0) is 7.05 Å².